The fraction of sp³-hybridized carbons (Fsp3) is 0.304. The summed E-state index contributed by atoms with van der Waals surface area (Å²) in [5, 5.41) is 7.34. The molecule has 2 fully saturated rings. The number of halogens is 4. The summed E-state index contributed by atoms with van der Waals surface area (Å²) in [6.07, 6.45) is 3.53. The van der Waals surface area contributed by atoms with Crippen LogP contribution in [0.1, 0.15) is 52.8 Å². The van der Waals surface area contributed by atoms with Gasteiger partial charge in [0.25, 0.3) is 11.8 Å². The number of anilines is 2. The lowest BCUT2D eigenvalue weighted by Crippen LogP contribution is -2.48. The zero-order chi connectivity index (χ0) is 49.0. The van der Waals surface area contributed by atoms with Gasteiger partial charge in [0.2, 0.25) is 0 Å². The van der Waals surface area contributed by atoms with Crippen molar-refractivity contribution in [3.63, 3.8) is 0 Å². The van der Waals surface area contributed by atoms with Gasteiger partial charge in [-0.3, -0.25) is 24.0 Å². The van der Waals surface area contributed by atoms with Gasteiger partial charge in [0.1, 0.15) is 12.5 Å². The molecule has 69 heavy (non-hydrogen) atoms. The normalized spacial score (nSPS) is 14.5. The van der Waals surface area contributed by atoms with Gasteiger partial charge in [0.05, 0.1) is 57.9 Å². The highest BCUT2D eigenvalue weighted by molar-refractivity contribution is 7.13. The number of nitrogens with zero attached hydrogens (tertiary/aromatic N) is 9. The number of esters is 2. The van der Waals surface area contributed by atoms with E-state index >= 15 is 0 Å². The smallest absolute Gasteiger partial charge is 0.338 e. The molecule has 2 aliphatic heterocycles. The van der Waals surface area contributed by atoms with Gasteiger partial charge in [-0.2, -0.15) is 0 Å². The molecular weight excluding hydrogens is 978 g/mol. The summed E-state index contributed by atoms with van der Waals surface area (Å²) < 4.78 is 45.3. The van der Waals surface area contributed by atoms with Gasteiger partial charge in [-0.15, -0.1) is 22.7 Å². The van der Waals surface area contributed by atoms with Gasteiger partial charge in [0, 0.05) is 95.7 Å². The average molecular weight is 1020 g/mol. The highest BCUT2D eigenvalue weighted by atomic mass is 35.5. The summed E-state index contributed by atoms with van der Waals surface area (Å²) in [6, 6.07) is 15.4. The zero-order valence-electron chi connectivity index (χ0n) is 37.6. The summed E-state index contributed by atoms with van der Waals surface area (Å²) in [5.74, 6) is -2.24. The van der Waals surface area contributed by atoms with E-state index in [9.17, 15) is 28.0 Å². The first-order chi connectivity index (χ1) is 33.3. The van der Waals surface area contributed by atoms with Crippen molar-refractivity contribution in [1.29, 1.82) is 0 Å². The Morgan fingerprint density at radius 2 is 1.25 bits per heavy atom. The van der Waals surface area contributed by atoms with Crippen molar-refractivity contribution in [2.45, 2.75) is 19.8 Å². The first kappa shape index (κ1) is 50.7. The number of pyridine rings is 2. The highest BCUT2D eigenvalue weighted by Gasteiger charge is 2.27. The van der Waals surface area contributed by atoms with Gasteiger partial charge in [-0.1, -0.05) is 35.3 Å². The number of carbonyl (C=O) groups is 4. The fourth-order valence-electron chi connectivity index (χ4n) is 7.39. The molecule has 0 spiro atoms. The third-order valence-corrected chi connectivity index (χ3v) is 12.9. The lowest BCUT2D eigenvalue weighted by molar-refractivity contribution is 0.0590. The summed E-state index contributed by atoms with van der Waals surface area (Å²) in [5.41, 5.74) is 1.99. The molecule has 0 saturated carbocycles. The molecule has 23 heteroatoms. The summed E-state index contributed by atoms with van der Waals surface area (Å²) >= 11 is 14.5. The van der Waals surface area contributed by atoms with Crippen LogP contribution in [0.25, 0.3) is 0 Å². The Morgan fingerprint density at radius 3 is 1.75 bits per heavy atom. The molecule has 0 aliphatic carbocycles. The number of ether oxygens (including phenoxy) is 3. The monoisotopic (exact) mass is 1020 g/mol. The molecule has 4 aromatic heterocycles. The molecule has 17 nitrogen and oxygen atoms in total. The molecule has 6 heterocycles. The first-order valence-electron chi connectivity index (χ1n) is 21.3. The van der Waals surface area contributed by atoms with Crippen molar-refractivity contribution in [2.75, 3.05) is 79.0 Å². The average Bonchev–Trinajstić information content (AvgIpc) is 4.05. The number of hydrogen-bond donors (Lipinski definition) is 1. The number of thiazole rings is 2. The van der Waals surface area contributed by atoms with E-state index in [0.717, 1.165) is 0 Å². The third-order valence-electron chi connectivity index (χ3n) is 10.8. The van der Waals surface area contributed by atoms with Crippen molar-refractivity contribution >= 4 is 86.4 Å². The lowest BCUT2D eigenvalue weighted by Gasteiger charge is -2.34. The summed E-state index contributed by atoms with van der Waals surface area (Å²) in [6.45, 7) is 5.25. The van der Waals surface area contributed by atoms with E-state index in [2.05, 4.69) is 35.1 Å². The van der Waals surface area contributed by atoms with E-state index in [4.69, 9.17) is 37.4 Å². The van der Waals surface area contributed by atoms with Crippen molar-refractivity contribution in [2.24, 2.45) is 4.99 Å². The number of hydrogen-bond acceptors (Lipinski definition) is 16. The Kier molecular flexibility index (Phi) is 17.5. The standard InChI is InChI=1S/C24H25ClFN5O4S.C22H21ClFN5O3S/c1-34-15-31-10-11-36-24(31)28-20-13-16(23(33)35-2)12-17(27-20)14-29-6-8-30(9-7-29)22(32)18-4-3-5-19(25)21(18)26;1-32-21(31)14-11-15(26-18(12-14)27-22-25-5-10-33-22)13-28-6-8-29(9-7-28)20(30)16-3-2-4-17(23)19(16)24/h3-5,10-13H,6-9,14-15H2,1-2H3;2-5,10-12H,6-9,13H2,1H3,(H,25,26,27). The number of rotatable bonds is 13. The van der Waals surface area contributed by atoms with Crippen molar-refractivity contribution in [3.8, 4) is 0 Å². The van der Waals surface area contributed by atoms with Crippen LogP contribution in [0.3, 0.4) is 0 Å². The first-order valence-corrected chi connectivity index (χ1v) is 23.8. The molecule has 0 bridgehead atoms. The molecule has 2 aromatic carbocycles. The highest BCUT2D eigenvalue weighted by Crippen LogP contribution is 2.24. The second kappa shape index (κ2) is 23.9. The molecule has 0 atom stereocenters. The third kappa shape index (κ3) is 13.1. The minimum atomic E-state index is -0.704. The van der Waals surface area contributed by atoms with E-state index in [1.165, 1.54) is 61.2 Å². The maximum absolute atomic E-state index is 14.3. The maximum Gasteiger partial charge on any atom is 0.338 e. The second-order valence-electron chi connectivity index (χ2n) is 15.4. The minimum Gasteiger partial charge on any atom is -0.465 e. The summed E-state index contributed by atoms with van der Waals surface area (Å²) in [4.78, 5) is 76.1. The quantitative estimate of drug-likeness (QED) is 0.116. The SMILES string of the molecule is COC(=O)c1cc(CN2CCN(C(=O)c3cccc(Cl)c3F)CC2)nc(Nc2nccs2)c1.COCn1ccsc1=Nc1cc(C(=O)OC)cc(CN2CCN(C(=O)c3cccc(Cl)c3F)CC2)n1. The Hall–Kier alpha value is -6.20. The number of carbonyl (C=O) groups excluding carboxylic acids is 4. The van der Waals surface area contributed by atoms with Gasteiger partial charge in [-0.05, 0) is 48.5 Å². The van der Waals surface area contributed by atoms with Gasteiger partial charge in [-0.25, -0.2) is 38.3 Å². The molecule has 6 aromatic rings. The van der Waals surface area contributed by atoms with Crippen LogP contribution in [0.15, 0.2) is 88.8 Å². The second-order valence-corrected chi connectivity index (χ2v) is 18.0. The Morgan fingerprint density at radius 1 is 0.710 bits per heavy atom. The van der Waals surface area contributed by atoms with Crippen LogP contribution in [0.4, 0.5) is 25.5 Å². The fourth-order valence-corrected chi connectivity index (χ4v) is 9.00. The van der Waals surface area contributed by atoms with Crippen molar-refractivity contribution < 1.29 is 42.2 Å². The molecule has 0 radical (unpaired) electrons. The van der Waals surface area contributed by atoms with E-state index in [1.807, 2.05) is 21.5 Å². The van der Waals surface area contributed by atoms with Crippen LogP contribution < -0.4 is 10.1 Å². The number of nitrogens with one attached hydrogen (secondary N) is 1. The van der Waals surface area contributed by atoms with Crippen LogP contribution in [-0.2, 0) is 34.0 Å². The molecule has 2 amide bonds. The van der Waals surface area contributed by atoms with Crippen molar-refractivity contribution in [1.82, 2.24) is 39.1 Å². The largest absolute Gasteiger partial charge is 0.465 e. The molecule has 2 aliphatic rings. The van der Waals surface area contributed by atoms with E-state index < -0.39 is 23.6 Å². The Balaban J connectivity index is 0.000000205. The lowest BCUT2D eigenvalue weighted by atomic mass is 10.1. The Labute approximate surface area is 413 Å². The predicted molar refractivity (Wildman–Crippen MR) is 256 cm³/mol. The minimum absolute atomic E-state index is 0.0266. The van der Waals surface area contributed by atoms with Crippen LogP contribution in [-0.4, -0.2) is 137 Å². The van der Waals surface area contributed by atoms with Crippen molar-refractivity contribution in [3.05, 3.63) is 144 Å². The van der Waals surface area contributed by atoms with Crippen LogP contribution in [0.5, 0.6) is 0 Å². The van der Waals surface area contributed by atoms with E-state index in [-0.39, 0.29) is 33.0 Å². The van der Waals surface area contributed by atoms with Gasteiger partial charge in [0.15, 0.2) is 27.4 Å². The molecule has 362 valence electrons. The molecular formula is C46H46Cl2F2N10O7S2. The topological polar surface area (TPSA) is 177 Å². The molecule has 2 saturated heterocycles. The maximum atomic E-state index is 14.3. The molecule has 8 rings (SSSR count). The van der Waals surface area contributed by atoms with E-state index in [0.29, 0.717) is 116 Å². The number of piperazine rings is 2. The zero-order valence-corrected chi connectivity index (χ0v) is 40.7. The van der Waals surface area contributed by atoms with Crippen LogP contribution in [0, 0.1) is 11.6 Å². The number of methoxy groups -OCH3 is 3. The Bertz CT molecular complexity index is 2850. The number of aromatic nitrogens is 4. The molecule has 1 N–H and O–H groups in total. The predicted octanol–water partition coefficient (Wildman–Crippen LogP) is 7.14. The molecule has 0 unspecified atom stereocenters. The van der Waals surface area contributed by atoms with Crippen LogP contribution in [0.2, 0.25) is 10.0 Å². The summed E-state index contributed by atoms with van der Waals surface area (Å²) in [7, 11) is 4.25. The number of amides is 2. The van der Waals surface area contributed by atoms with Gasteiger partial charge < -0.3 is 29.3 Å². The number of benzene rings is 2. The van der Waals surface area contributed by atoms with E-state index in [1.54, 1.807) is 59.5 Å². The van der Waals surface area contributed by atoms with Gasteiger partial charge >= 0.3 is 11.9 Å². The van der Waals surface area contributed by atoms with Crippen LogP contribution >= 0.6 is 45.9 Å².